The number of ether oxygens (including phenoxy) is 1. The van der Waals surface area contributed by atoms with Gasteiger partial charge in [-0.25, -0.2) is 0 Å². The molecule has 1 N–H and O–H groups in total. The number of nitrogens with zero attached hydrogens (tertiary/aromatic N) is 3. The summed E-state index contributed by atoms with van der Waals surface area (Å²) in [6.07, 6.45) is 0.852. The minimum Gasteiger partial charge on any atom is -0.492 e. The van der Waals surface area contributed by atoms with Gasteiger partial charge < -0.3 is 10.1 Å². The molecule has 154 valence electrons. The zero-order valence-corrected chi connectivity index (χ0v) is 17.2. The first-order valence-electron chi connectivity index (χ1n) is 9.81. The number of hydrogen-bond donors (Lipinski definition) is 1. The van der Waals surface area contributed by atoms with Crippen LogP contribution in [0, 0.1) is 5.92 Å². The summed E-state index contributed by atoms with van der Waals surface area (Å²) >= 11 is 1.39. The molecular weight excluding hydrogens is 400 g/mol. The van der Waals surface area contributed by atoms with Crippen LogP contribution < -0.4 is 15.0 Å². The van der Waals surface area contributed by atoms with Crippen LogP contribution >= 0.6 is 11.3 Å². The maximum atomic E-state index is 12.4. The number of hydrogen-bond acceptors (Lipinski definition) is 6. The molecule has 1 atom stereocenters. The van der Waals surface area contributed by atoms with E-state index < -0.39 is 5.92 Å². The van der Waals surface area contributed by atoms with Gasteiger partial charge in [0.1, 0.15) is 17.4 Å². The number of carbonyl (C=O) groups is 2. The lowest BCUT2D eigenvalue weighted by molar-refractivity contribution is -0.126. The number of nitrogens with one attached hydrogen (secondary N) is 1. The normalized spacial score (nSPS) is 15.9. The fourth-order valence-electron chi connectivity index (χ4n) is 3.27. The van der Waals surface area contributed by atoms with E-state index in [0.29, 0.717) is 31.2 Å². The molecule has 1 saturated heterocycles. The van der Waals surface area contributed by atoms with Crippen molar-refractivity contribution in [1.29, 1.82) is 0 Å². The summed E-state index contributed by atoms with van der Waals surface area (Å²) < 4.78 is 5.57. The lowest BCUT2D eigenvalue weighted by Crippen LogP contribution is -2.35. The van der Waals surface area contributed by atoms with E-state index in [-0.39, 0.29) is 18.2 Å². The number of aromatic nitrogens is 2. The van der Waals surface area contributed by atoms with Gasteiger partial charge in [0.25, 0.3) is 0 Å². The Morgan fingerprint density at radius 3 is 2.60 bits per heavy atom. The molecule has 1 fully saturated rings. The van der Waals surface area contributed by atoms with Gasteiger partial charge in [-0.2, -0.15) is 0 Å². The molecule has 30 heavy (non-hydrogen) atoms. The van der Waals surface area contributed by atoms with Gasteiger partial charge >= 0.3 is 0 Å². The summed E-state index contributed by atoms with van der Waals surface area (Å²) in [5.41, 5.74) is 1.14. The predicted octanol–water partition coefficient (Wildman–Crippen LogP) is 2.68. The molecule has 7 nitrogen and oxygen atoms in total. The molecule has 0 bridgehead atoms. The highest BCUT2D eigenvalue weighted by molar-refractivity contribution is 7.15. The third-order valence-corrected chi connectivity index (χ3v) is 5.74. The zero-order valence-electron chi connectivity index (χ0n) is 16.4. The van der Waals surface area contributed by atoms with Crippen molar-refractivity contribution in [2.24, 2.45) is 5.92 Å². The van der Waals surface area contributed by atoms with Crippen LogP contribution in [0.4, 0.5) is 5.13 Å². The largest absolute Gasteiger partial charge is 0.492 e. The van der Waals surface area contributed by atoms with E-state index in [1.165, 1.54) is 11.3 Å². The lowest BCUT2D eigenvalue weighted by Gasteiger charge is -2.13. The van der Waals surface area contributed by atoms with Crippen LogP contribution in [-0.2, 0) is 16.0 Å². The van der Waals surface area contributed by atoms with Crippen LogP contribution in [0.5, 0.6) is 5.75 Å². The first-order valence-corrected chi connectivity index (χ1v) is 10.6. The summed E-state index contributed by atoms with van der Waals surface area (Å²) in [6, 6.07) is 19.4. The predicted molar refractivity (Wildman–Crippen MR) is 115 cm³/mol. The van der Waals surface area contributed by atoms with Gasteiger partial charge in [0, 0.05) is 19.4 Å². The van der Waals surface area contributed by atoms with Gasteiger partial charge in [0.15, 0.2) is 0 Å². The number of benzene rings is 2. The topological polar surface area (TPSA) is 84.4 Å². The zero-order chi connectivity index (χ0) is 20.8. The van der Waals surface area contributed by atoms with Crippen molar-refractivity contribution < 1.29 is 14.3 Å². The Balaban J connectivity index is 1.27. The van der Waals surface area contributed by atoms with E-state index in [1.54, 1.807) is 4.90 Å². The monoisotopic (exact) mass is 422 g/mol. The van der Waals surface area contributed by atoms with E-state index in [4.69, 9.17) is 4.74 Å². The van der Waals surface area contributed by atoms with Crippen molar-refractivity contribution in [3.63, 3.8) is 0 Å². The molecular formula is C22H22N4O3S. The van der Waals surface area contributed by atoms with Gasteiger partial charge in [-0.15, -0.1) is 10.2 Å². The Morgan fingerprint density at radius 2 is 1.83 bits per heavy atom. The van der Waals surface area contributed by atoms with Crippen molar-refractivity contribution in [3.8, 4) is 5.75 Å². The fourth-order valence-corrected chi connectivity index (χ4v) is 4.17. The molecule has 2 aromatic carbocycles. The molecule has 2 heterocycles. The quantitative estimate of drug-likeness (QED) is 0.564. The second-order valence-corrected chi connectivity index (χ2v) is 8.04. The van der Waals surface area contributed by atoms with Gasteiger partial charge in [-0.05, 0) is 17.7 Å². The van der Waals surface area contributed by atoms with Crippen molar-refractivity contribution in [2.45, 2.75) is 12.8 Å². The molecule has 1 aliphatic rings. The third-order valence-electron chi connectivity index (χ3n) is 4.79. The van der Waals surface area contributed by atoms with Crippen molar-refractivity contribution in [1.82, 2.24) is 15.5 Å². The molecule has 1 aromatic heterocycles. The van der Waals surface area contributed by atoms with Crippen LogP contribution in [0.2, 0.25) is 0 Å². The maximum Gasteiger partial charge on any atom is 0.229 e. The summed E-state index contributed by atoms with van der Waals surface area (Å²) in [4.78, 5) is 26.4. The number of para-hydroxylation sites is 1. The first kappa shape index (κ1) is 20.0. The second kappa shape index (κ2) is 9.49. The first-order chi connectivity index (χ1) is 14.7. The molecule has 4 rings (SSSR count). The van der Waals surface area contributed by atoms with Gasteiger partial charge in [0.05, 0.1) is 12.5 Å². The highest BCUT2D eigenvalue weighted by Crippen LogP contribution is 2.28. The van der Waals surface area contributed by atoms with Crippen molar-refractivity contribution >= 4 is 28.3 Å². The standard InChI is InChI=1S/C22H22N4O3S/c27-20-14-17(21(28)23-11-12-29-18-9-5-2-6-10-18)15-26(20)22-25-24-19(30-22)13-16-7-3-1-4-8-16/h1-10,17H,11-15H2,(H,23,28). The molecule has 0 aliphatic carbocycles. The molecule has 2 amide bonds. The molecule has 3 aromatic rings. The van der Waals surface area contributed by atoms with Gasteiger partial charge in [-0.3, -0.25) is 14.5 Å². The molecule has 1 aliphatic heterocycles. The average molecular weight is 423 g/mol. The minimum atomic E-state index is -0.393. The van der Waals surface area contributed by atoms with Crippen LogP contribution in [0.3, 0.4) is 0 Å². The highest BCUT2D eigenvalue weighted by Gasteiger charge is 2.36. The molecule has 1 unspecified atom stereocenters. The highest BCUT2D eigenvalue weighted by atomic mass is 32.1. The fraction of sp³-hybridized carbons (Fsp3) is 0.273. The third kappa shape index (κ3) is 5.01. The molecule has 0 radical (unpaired) electrons. The lowest BCUT2D eigenvalue weighted by atomic mass is 10.1. The Kier molecular flexibility index (Phi) is 6.34. The van der Waals surface area contributed by atoms with E-state index in [0.717, 1.165) is 16.3 Å². The van der Waals surface area contributed by atoms with E-state index in [2.05, 4.69) is 15.5 Å². The van der Waals surface area contributed by atoms with E-state index in [9.17, 15) is 9.59 Å². The Morgan fingerprint density at radius 1 is 1.10 bits per heavy atom. The van der Waals surface area contributed by atoms with Crippen molar-refractivity contribution in [3.05, 3.63) is 71.2 Å². The van der Waals surface area contributed by atoms with Crippen LogP contribution in [0.1, 0.15) is 17.0 Å². The number of carbonyl (C=O) groups excluding carboxylic acids is 2. The second-order valence-electron chi connectivity index (χ2n) is 7.00. The Bertz CT molecular complexity index is 994. The summed E-state index contributed by atoms with van der Waals surface area (Å²) in [5, 5.41) is 12.6. The average Bonchev–Trinajstić information content (AvgIpc) is 3.39. The summed E-state index contributed by atoms with van der Waals surface area (Å²) in [5.74, 6) is 0.127. The van der Waals surface area contributed by atoms with E-state index >= 15 is 0 Å². The summed E-state index contributed by atoms with van der Waals surface area (Å²) in [7, 11) is 0. The molecule has 0 saturated carbocycles. The van der Waals surface area contributed by atoms with Crippen LogP contribution in [0.25, 0.3) is 0 Å². The van der Waals surface area contributed by atoms with Gasteiger partial charge in [0.2, 0.25) is 16.9 Å². The van der Waals surface area contributed by atoms with Crippen LogP contribution in [-0.4, -0.2) is 41.7 Å². The molecule has 8 heteroatoms. The van der Waals surface area contributed by atoms with Crippen LogP contribution in [0.15, 0.2) is 60.7 Å². The Labute approximate surface area is 178 Å². The number of rotatable bonds is 8. The van der Waals surface area contributed by atoms with Crippen molar-refractivity contribution in [2.75, 3.05) is 24.6 Å². The van der Waals surface area contributed by atoms with E-state index in [1.807, 2.05) is 60.7 Å². The molecule has 0 spiro atoms. The smallest absolute Gasteiger partial charge is 0.229 e. The number of anilines is 1. The minimum absolute atomic E-state index is 0.0990. The number of amides is 2. The Hall–Kier alpha value is -3.26. The van der Waals surface area contributed by atoms with Gasteiger partial charge in [-0.1, -0.05) is 59.9 Å². The maximum absolute atomic E-state index is 12.4. The summed E-state index contributed by atoms with van der Waals surface area (Å²) in [6.45, 7) is 1.09. The SMILES string of the molecule is O=C(NCCOc1ccccc1)C1CC(=O)N(c2nnc(Cc3ccccc3)s2)C1.